The molecule has 1 atom stereocenters. The summed E-state index contributed by atoms with van der Waals surface area (Å²) in [5.41, 5.74) is 0.199. The van der Waals surface area contributed by atoms with Crippen molar-refractivity contribution in [1.29, 1.82) is 0 Å². The molecule has 0 saturated carbocycles. The van der Waals surface area contributed by atoms with Gasteiger partial charge in [0.2, 0.25) is 5.88 Å². The van der Waals surface area contributed by atoms with E-state index in [4.69, 9.17) is 21.1 Å². The molecule has 1 aromatic carbocycles. The SMILES string of the molecule is CC(C)Oc1ncc(C(=O)NCC(O)COc2ccc(F)c(F)c2)cc1Cl. The molecule has 0 spiro atoms. The Morgan fingerprint density at radius 2 is 2.04 bits per heavy atom. The second-order valence-electron chi connectivity index (χ2n) is 5.93. The third-order valence-electron chi connectivity index (χ3n) is 3.25. The molecule has 0 radical (unpaired) electrons. The zero-order valence-corrected chi connectivity index (χ0v) is 15.5. The summed E-state index contributed by atoms with van der Waals surface area (Å²) in [6.07, 6.45) is 0.136. The van der Waals surface area contributed by atoms with Crippen molar-refractivity contribution in [2.45, 2.75) is 26.1 Å². The van der Waals surface area contributed by atoms with Gasteiger partial charge >= 0.3 is 0 Å². The predicted octanol–water partition coefficient (Wildman–Crippen LogP) is 2.97. The van der Waals surface area contributed by atoms with Gasteiger partial charge in [0.1, 0.15) is 23.5 Å². The highest BCUT2D eigenvalue weighted by Gasteiger charge is 2.14. The van der Waals surface area contributed by atoms with Crippen LogP contribution in [0.4, 0.5) is 8.78 Å². The fraction of sp³-hybridized carbons (Fsp3) is 0.333. The van der Waals surface area contributed by atoms with E-state index in [2.05, 4.69) is 10.3 Å². The van der Waals surface area contributed by atoms with Crippen LogP contribution in [0.5, 0.6) is 11.6 Å². The van der Waals surface area contributed by atoms with Gasteiger partial charge in [-0.2, -0.15) is 0 Å². The van der Waals surface area contributed by atoms with Crippen molar-refractivity contribution >= 4 is 17.5 Å². The van der Waals surface area contributed by atoms with Gasteiger partial charge in [-0.05, 0) is 32.0 Å². The van der Waals surface area contributed by atoms with Crippen LogP contribution in [0.1, 0.15) is 24.2 Å². The summed E-state index contributed by atoms with van der Waals surface area (Å²) >= 11 is 6.03. The molecule has 6 nitrogen and oxygen atoms in total. The molecule has 1 unspecified atom stereocenters. The van der Waals surface area contributed by atoms with Gasteiger partial charge in [-0.3, -0.25) is 4.79 Å². The second kappa shape index (κ2) is 9.48. The largest absolute Gasteiger partial charge is 0.491 e. The summed E-state index contributed by atoms with van der Waals surface area (Å²) in [6, 6.07) is 4.43. The Bertz CT molecular complexity index is 805. The van der Waals surface area contributed by atoms with Gasteiger partial charge < -0.3 is 19.9 Å². The summed E-state index contributed by atoms with van der Waals surface area (Å²) in [6.45, 7) is 3.31. The minimum Gasteiger partial charge on any atom is -0.491 e. The standard InChI is InChI=1S/C18H19ClF2N2O4/c1-10(2)27-18-14(19)5-11(7-23-18)17(25)22-8-12(24)9-26-13-3-4-15(20)16(21)6-13/h3-7,10,12,24H,8-9H2,1-2H3,(H,22,25). The maximum Gasteiger partial charge on any atom is 0.252 e. The molecule has 0 fully saturated rings. The van der Waals surface area contributed by atoms with Crippen molar-refractivity contribution in [3.8, 4) is 11.6 Å². The molecule has 2 rings (SSSR count). The first-order chi connectivity index (χ1) is 12.8. The molecule has 9 heteroatoms. The number of aliphatic hydroxyl groups excluding tert-OH is 1. The molecule has 0 bridgehead atoms. The van der Waals surface area contributed by atoms with Crippen molar-refractivity contribution < 1.29 is 28.2 Å². The average Bonchev–Trinajstić information content (AvgIpc) is 2.62. The summed E-state index contributed by atoms with van der Waals surface area (Å²) in [4.78, 5) is 16.1. The minimum atomic E-state index is -1.06. The number of aromatic nitrogens is 1. The van der Waals surface area contributed by atoms with Crippen LogP contribution in [0.25, 0.3) is 0 Å². The van der Waals surface area contributed by atoms with E-state index in [9.17, 15) is 18.7 Å². The lowest BCUT2D eigenvalue weighted by Gasteiger charge is -2.14. The molecular weight excluding hydrogens is 382 g/mol. The van der Waals surface area contributed by atoms with E-state index in [0.29, 0.717) is 0 Å². The van der Waals surface area contributed by atoms with E-state index in [1.54, 1.807) is 0 Å². The van der Waals surface area contributed by atoms with Gasteiger partial charge in [-0.1, -0.05) is 11.6 Å². The second-order valence-corrected chi connectivity index (χ2v) is 6.34. The normalized spacial score (nSPS) is 12.0. The van der Waals surface area contributed by atoms with Crippen molar-refractivity contribution in [2.75, 3.05) is 13.2 Å². The number of nitrogens with one attached hydrogen (secondary N) is 1. The van der Waals surface area contributed by atoms with E-state index in [0.717, 1.165) is 12.1 Å². The number of hydrogen-bond acceptors (Lipinski definition) is 5. The molecule has 1 aromatic heterocycles. The molecule has 0 aliphatic heterocycles. The average molecular weight is 401 g/mol. The first-order valence-corrected chi connectivity index (χ1v) is 8.50. The van der Waals surface area contributed by atoms with E-state index in [1.807, 2.05) is 13.8 Å². The molecule has 0 saturated heterocycles. The Morgan fingerprint density at radius 3 is 2.67 bits per heavy atom. The molecule has 146 valence electrons. The highest BCUT2D eigenvalue weighted by molar-refractivity contribution is 6.32. The fourth-order valence-corrected chi connectivity index (χ4v) is 2.20. The van der Waals surface area contributed by atoms with Crippen LogP contribution < -0.4 is 14.8 Å². The van der Waals surface area contributed by atoms with Gasteiger partial charge in [0, 0.05) is 18.8 Å². The fourth-order valence-electron chi connectivity index (χ4n) is 1.99. The number of carbonyl (C=O) groups excluding carboxylic acids is 1. The molecule has 2 N–H and O–H groups in total. The van der Waals surface area contributed by atoms with Gasteiger partial charge in [0.25, 0.3) is 5.91 Å². The Morgan fingerprint density at radius 1 is 1.30 bits per heavy atom. The number of ether oxygens (including phenoxy) is 2. The van der Waals surface area contributed by atoms with Crippen molar-refractivity contribution in [3.63, 3.8) is 0 Å². The molecular formula is C18H19ClF2N2O4. The molecule has 2 aromatic rings. The lowest BCUT2D eigenvalue weighted by molar-refractivity contribution is 0.0842. The molecule has 27 heavy (non-hydrogen) atoms. The monoisotopic (exact) mass is 400 g/mol. The van der Waals surface area contributed by atoms with Crippen molar-refractivity contribution in [1.82, 2.24) is 10.3 Å². The first kappa shape index (κ1) is 20.9. The number of aliphatic hydroxyl groups is 1. The highest BCUT2D eigenvalue weighted by Crippen LogP contribution is 2.23. The lowest BCUT2D eigenvalue weighted by atomic mass is 10.2. The summed E-state index contributed by atoms with van der Waals surface area (Å²) in [7, 11) is 0. The van der Waals surface area contributed by atoms with E-state index in [-0.39, 0.29) is 41.5 Å². The van der Waals surface area contributed by atoms with Crippen molar-refractivity contribution in [3.05, 3.63) is 52.7 Å². The Kier molecular flexibility index (Phi) is 7.32. The summed E-state index contributed by atoms with van der Waals surface area (Å²) < 4.78 is 36.5. The third kappa shape index (κ3) is 6.33. The minimum absolute atomic E-state index is 0.0657. The molecule has 0 aliphatic rings. The Balaban J connectivity index is 1.83. The highest BCUT2D eigenvalue weighted by atomic mass is 35.5. The van der Waals surface area contributed by atoms with Gasteiger partial charge in [0.15, 0.2) is 11.6 Å². The third-order valence-corrected chi connectivity index (χ3v) is 3.52. The lowest BCUT2D eigenvalue weighted by Crippen LogP contribution is -2.35. The number of nitrogens with zero attached hydrogens (tertiary/aromatic N) is 1. The number of rotatable bonds is 8. The van der Waals surface area contributed by atoms with Crippen LogP contribution in [0, 0.1) is 11.6 Å². The van der Waals surface area contributed by atoms with Crippen molar-refractivity contribution in [2.24, 2.45) is 0 Å². The van der Waals surface area contributed by atoms with E-state index in [1.165, 1.54) is 18.3 Å². The van der Waals surface area contributed by atoms with Crippen LogP contribution in [0.3, 0.4) is 0 Å². The first-order valence-electron chi connectivity index (χ1n) is 8.12. The zero-order valence-electron chi connectivity index (χ0n) is 14.7. The topological polar surface area (TPSA) is 80.7 Å². The smallest absolute Gasteiger partial charge is 0.252 e. The van der Waals surface area contributed by atoms with E-state index >= 15 is 0 Å². The maximum absolute atomic E-state index is 13.1. The summed E-state index contributed by atoms with van der Waals surface area (Å²) in [5.74, 6) is -2.25. The molecule has 0 aliphatic carbocycles. The van der Waals surface area contributed by atoms with Crippen LogP contribution in [0.2, 0.25) is 5.02 Å². The number of hydrogen-bond donors (Lipinski definition) is 2. The number of halogens is 3. The number of benzene rings is 1. The predicted molar refractivity (Wildman–Crippen MR) is 95.2 cm³/mol. The van der Waals surface area contributed by atoms with Crippen LogP contribution in [0.15, 0.2) is 30.5 Å². The van der Waals surface area contributed by atoms with Crippen LogP contribution in [-0.4, -0.2) is 41.4 Å². The van der Waals surface area contributed by atoms with Crippen LogP contribution >= 0.6 is 11.6 Å². The van der Waals surface area contributed by atoms with E-state index < -0.39 is 23.6 Å². The quantitative estimate of drug-likeness (QED) is 0.712. The van der Waals surface area contributed by atoms with Gasteiger partial charge in [-0.25, -0.2) is 13.8 Å². The zero-order chi connectivity index (χ0) is 20.0. The van der Waals surface area contributed by atoms with Gasteiger partial charge in [0.05, 0.1) is 11.7 Å². The molecule has 1 heterocycles. The maximum atomic E-state index is 13.1. The number of amides is 1. The number of carbonyl (C=O) groups is 1. The Hall–Kier alpha value is -2.45. The Labute approximate surface area is 160 Å². The number of pyridine rings is 1. The summed E-state index contributed by atoms with van der Waals surface area (Å²) in [5, 5.41) is 12.6. The van der Waals surface area contributed by atoms with Gasteiger partial charge in [-0.15, -0.1) is 0 Å². The molecule has 1 amide bonds. The van der Waals surface area contributed by atoms with Crippen LogP contribution in [-0.2, 0) is 0 Å².